The number of hydrogen-bond donors (Lipinski definition) is 3. The summed E-state index contributed by atoms with van der Waals surface area (Å²) in [6.45, 7) is 0. The number of ketones is 1. The minimum atomic E-state index is -3.64. The van der Waals surface area contributed by atoms with Crippen LogP contribution in [-0.2, 0) is 10.0 Å². The van der Waals surface area contributed by atoms with Gasteiger partial charge in [0, 0.05) is 28.5 Å². The normalized spacial score (nSPS) is 12.8. The number of sulfonamides is 1. The zero-order valence-electron chi connectivity index (χ0n) is 14.9. The maximum atomic E-state index is 12.4. The summed E-state index contributed by atoms with van der Waals surface area (Å²) in [4.78, 5) is 24.3. The molecular weight excluding hydrogens is 410 g/mol. The minimum absolute atomic E-state index is 0.125. The molecule has 4 rings (SSSR count). The number of carbonyl (C=O) groups excluding carboxylic acids is 2. The number of amides is 1. The lowest BCUT2D eigenvalue weighted by Gasteiger charge is -2.11. The maximum Gasteiger partial charge on any atom is 0.271 e. The lowest BCUT2D eigenvalue weighted by Crippen LogP contribution is -2.35. The number of hydrazine groups is 1. The van der Waals surface area contributed by atoms with Gasteiger partial charge in [0.05, 0.1) is 5.70 Å². The Morgan fingerprint density at radius 1 is 0.897 bits per heavy atom. The monoisotopic (exact) mass is 425 g/mol. The van der Waals surface area contributed by atoms with Gasteiger partial charge in [0.2, 0.25) is 0 Å². The lowest BCUT2D eigenvalue weighted by molar-refractivity contribution is 0.0941. The van der Waals surface area contributed by atoms with E-state index in [-0.39, 0.29) is 9.99 Å². The first-order valence-electron chi connectivity index (χ1n) is 8.52. The smallest absolute Gasteiger partial charge is 0.271 e. The predicted molar refractivity (Wildman–Crippen MR) is 111 cm³/mol. The van der Waals surface area contributed by atoms with Crippen molar-refractivity contribution >= 4 is 44.4 Å². The highest BCUT2D eigenvalue weighted by molar-refractivity contribution is 7.94. The number of carbonyl (C=O) groups is 2. The number of fused-ring (bicyclic) bond motifs is 1. The van der Waals surface area contributed by atoms with Crippen LogP contribution in [0, 0.1) is 0 Å². The molecule has 2 aromatic carbocycles. The minimum Gasteiger partial charge on any atom is -0.298 e. The molecule has 0 fully saturated rings. The van der Waals surface area contributed by atoms with Crippen molar-refractivity contribution < 1.29 is 18.0 Å². The van der Waals surface area contributed by atoms with Crippen LogP contribution in [0.2, 0.25) is 0 Å². The Kier molecular flexibility index (Phi) is 4.91. The lowest BCUT2D eigenvalue weighted by atomic mass is 10.1. The number of anilines is 1. The van der Waals surface area contributed by atoms with Crippen molar-refractivity contribution in [3.05, 3.63) is 88.8 Å². The number of hydrogen-bond acceptors (Lipinski definition) is 6. The molecule has 0 unspecified atom stereocenters. The molecule has 0 saturated carbocycles. The Labute approximate surface area is 171 Å². The van der Waals surface area contributed by atoms with Crippen molar-refractivity contribution in [2.24, 2.45) is 0 Å². The van der Waals surface area contributed by atoms with Crippen LogP contribution in [0.5, 0.6) is 0 Å². The van der Waals surface area contributed by atoms with Gasteiger partial charge in [-0.15, -0.1) is 11.3 Å². The van der Waals surface area contributed by atoms with E-state index in [1.165, 1.54) is 36.4 Å². The van der Waals surface area contributed by atoms with Crippen LogP contribution in [0.15, 0.2) is 76.3 Å². The van der Waals surface area contributed by atoms with E-state index in [1.807, 2.05) is 6.07 Å². The van der Waals surface area contributed by atoms with Crippen LogP contribution in [0.4, 0.5) is 5.69 Å². The van der Waals surface area contributed by atoms with Crippen LogP contribution in [0.3, 0.4) is 0 Å². The van der Waals surface area contributed by atoms with E-state index < -0.39 is 15.9 Å². The highest BCUT2D eigenvalue weighted by Crippen LogP contribution is 2.24. The van der Waals surface area contributed by atoms with Gasteiger partial charge < -0.3 is 0 Å². The summed E-state index contributed by atoms with van der Waals surface area (Å²) in [6.07, 6.45) is 1.42. The summed E-state index contributed by atoms with van der Waals surface area (Å²) >= 11 is 1.12. The summed E-state index contributed by atoms with van der Waals surface area (Å²) in [7, 11) is -3.64. The van der Waals surface area contributed by atoms with Gasteiger partial charge in [0.25, 0.3) is 15.9 Å². The summed E-state index contributed by atoms with van der Waals surface area (Å²) in [6, 6.07) is 16.3. The highest BCUT2D eigenvalue weighted by atomic mass is 32.2. The van der Waals surface area contributed by atoms with E-state index in [1.54, 1.807) is 29.6 Å². The molecule has 1 aromatic heterocycles. The average molecular weight is 425 g/mol. The summed E-state index contributed by atoms with van der Waals surface area (Å²) in [5.41, 5.74) is 7.80. The zero-order chi connectivity index (χ0) is 20.4. The van der Waals surface area contributed by atoms with Crippen molar-refractivity contribution in [1.82, 2.24) is 10.9 Å². The largest absolute Gasteiger partial charge is 0.298 e. The molecule has 7 nitrogen and oxygen atoms in total. The fourth-order valence-electron chi connectivity index (χ4n) is 2.83. The Morgan fingerprint density at radius 3 is 2.31 bits per heavy atom. The van der Waals surface area contributed by atoms with Crippen LogP contribution >= 0.6 is 11.3 Å². The number of allylic oxidation sites excluding steroid dienone is 1. The van der Waals surface area contributed by atoms with Crippen molar-refractivity contribution in [1.29, 1.82) is 0 Å². The Hall–Kier alpha value is -3.43. The first-order valence-corrected chi connectivity index (χ1v) is 10.9. The SMILES string of the molecule is O=C(NNC1=CC(=O)c2ccccc21)c1ccc(NS(=O)(=O)c2cccs2)cc1. The molecule has 1 aliphatic carbocycles. The second-order valence-corrected chi connectivity index (χ2v) is 9.02. The first-order chi connectivity index (χ1) is 13.9. The Morgan fingerprint density at radius 2 is 1.62 bits per heavy atom. The van der Waals surface area contributed by atoms with E-state index in [9.17, 15) is 18.0 Å². The zero-order valence-corrected chi connectivity index (χ0v) is 16.5. The van der Waals surface area contributed by atoms with E-state index in [0.717, 1.165) is 16.9 Å². The molecule has 3 N–H and O–H groups in total. The van der Waals surface area contributed by atoms with Gasteiger partial charge >= 0.3 is 0 Å². The van der Waals surface area contributed by atoms with Gasteiger partial charge in [-0.2, -0.15) is 0 Å². The first kappa shape index (κ1) is 18.9. The van der Waals surface area contributed by atoms with E-state index >= 15 is 0 Å². The predicted octanol–water partition coefficient (Wildman–Crippen LogP) is 3.02. The standard InChI is InChI=1S/C20H15N3O4S2/c24-18-12-17(15-4-1-2-5-16(15)18)21-22-20(25)13-7-9-14(10-8-13)23-29(26,27)19-6-3-11-28-19/h1-12,21,23H,(H,22,25). The summed E-state index contributed by atoms with van der Waals surface area (Å²) in [5.74, 6) is -0.546. The molecule has 146 valence electrons. The molecule has 1 amide bonds. The third-order valence-corrected chi connectivity index (χ3v) is 7.01. The number of thiophene rings is 1. The van der Waals surface area contributed by atoms with Gasteiger partial charge in [-0.1, -0.05) is 30.3 Å². The number of rotatable bonds is 6. The Balaban J connectivity index is 1.40. The van der Waals surface area contributed by atoms with E-state index in [4.69, 9.17) is 0 Å². The van der Waals surface area contributed by atoms with Crippen LogP contribution in [-0.4, -0.2) is 20.1 Å². The van der Waals surface area contributed by atoms with Gasteiger partial charge in [-0.25, -0.2) is 8.42 Å². The molecule has 9 heteroatoms. The van der Waals surface area contributed by atoms with Gasteiger partial charge in [0.1, 0.15) is 4.21 Å². The molecule has 1 heterocycles. The maximum absolute atomic E-state index is 12.4. The highest BCUT2D eigenvalue weighted by Gasteiger charge is 2.21. The van der Waals surface area contributed by atoms with Crippen molar-refractivity contribution in [2.75, 3.05) is 4.72 Å². The molecule has 0 atom stereocenters. The summed E-state index contributed by atoms with van der Waals surface area (Å²) < 4.78 is 27.1. The summed E-state index contributed by atoms with van der Waals surface area (Å²) in [5, 5.41) is 1.68. The van der Waals surface area contributed by atoms with Crippen molar-refractivity contribution in [2.45, 2.75) is 4.21 Å². The van der Waals surface area contributed by atoms with E-state index in [2.05, 4.69) is 15.6 Å². The fraction of sp³-hybridized carbons (Fsp3) is 0. The van der Waals surface area contributed by atoms with Gasteiger partial charge in [-0.3, -0.25) is 25.2 Å². The molecular formula is C20H15N3O4S2. The molecule has 3 aromatic rings. The number of benzene rings is 2. The van der Waals surface area contributed by atoms with Gasteiger partial charge in [-0.05, 0) is 35.7 Å². The Bertz CT molecular complexity index is 1210. The van der Waals surface area contributed by atoms with Gasteiger partial charge in [0.15, 0.2) is 5.78 Å². The molecule has 0 aliphatic heterocycles. The topological polar surface area (TPSA) is 104 Å². The van der Waals surface area contributed by atoms with Crippen LogP contribution in [0.25, 0.3) is 5.70 Å². The molecule has 0 saturated heterocycles. The van der Waals surface area contributed by atoms with Crippen molar-refractivity contribution in [3.8, 4) is 0 Å². The molecule has 29 heavy (non-hydrogen) atoms. The molecule has 0 bridgehead atoms. The van der Waals surface area contributed by atoms with E-state index in [0.29, 0.717) is 22.5 Å². The van der Waals surface area contributed by atoms with Crippen LogP contribution in [0.1, 0.15) is 26.3 Å². The fourth-order valence-corrected chi connectivity index (χ4v) is 4.88. The van der Waals surface area contributed by atoms with Crippen molar-refractivity contribution in [3.63, 3.8) is 0 Å². The quantitative estimate of drug-likeness (QED) is 0.527. The molecule has 1 aliphatic rings. The third kappa shape index (κ3) is 3.91. The third-order valence-electron chi connectivity index (χ3n) is 4.23. The molecule has 0 radical (unpaired) electrons. The molecule has 0 spiro atoms. The number of nitrogens with one attached hydrogen (secondary N) is 3. The van der Waals surface area contributed by atoms with Crippen LogP contribution < -0.4 is 15.6 Å². The average Bonchev–Trinajstić information content (AvgIpc) is 3.36. The second-order valence-electron chi connectivity index (χ2n) is 6.16. The second kappa shape index (κ2) is 7.53.